The molecule has 1 aromatic heterocycles. The van der Waals surface area contributed by atoms with Gasteiger partial charge in [0.25, 0.3) is 0 Å². The van der Waals surface area contributed by atoms with E-state index in [1.807, 2.05) is 0 Å². The number of aromatic nitrogens is 4. The van der Waals surface area contributed by atoms with Gasteiger partial charge in [-0.1, -0.05) is 33.1 Å². The molecule has 2 aliphatic rings. The van der Waals surface area contributed by atoms with Crippen LogP contribution in [0.4, 0.5) is 0 Å². The number of tetrazole rings is 1. The smallest absolute Gasteiger partial charge is 0.220 e. The van der Waals surface area contributed by atoms with Crippen molar-refractivity contribution in [3.05, 3.63) is 5.82 Å². The number of amides is 1. The lowest BCUT2D eigenvalue weighted by Gasteiger charge is -2.38. The van der Waals surface area contributed by atoms with Gasteiger partial charge in [-0.3, -0.25) is 9.69 Å². The second-order valence-electron chi connectivity index (χ2n) is 7.67. The van der Waals surface area contributed by atoms with E-state index in [2.05, 4.69) is 39.0 Å². The Bertz CT molecular complexity index is 543. The van der Waals surface area contributed by atoms with Gasteiger partial charge in [0.05, 0.1) is 12.1 Å². The molecule has 1 aliphatic carbocycles. The van der Waals surface area contributed by atoms with E-state index < -0.39 is 0 Å². The monoisotopic (exact) mass is 334 g/mol. The summed E-state index contributed by atoms with van der Waals surface area (Å²) >= 11 is 0. The average Bonchev–Trinajstić information content (AvgIpc) is 3.05. The van der Waals surface area contributed by atoms with Gasteiger partial charge in [-0.25, -0.2) is 4.68 Å². The number of nitrogens with zero attached hydrogens (tertiary/aromatic N) is 5. The lowest BCUT2D eigenvalue weighted by atomic mass is 9.91. The predicted molar refractivity (Wildman–Crippen MR) is 91.0 cm³/mol. The normalized spacial score (nSPS) is 22.8. The first-order valence-corrected chi connectivity index (χ1v) is 9.39. The van der Waals surface area contributed by atoms with Crippen molar-refractivity contribution in [2.45, 2.75) is 70.9 Å². The van der Waals surface area contributed by atoms with E-state index in [4.69, 9.17) is 5.73 Å². The summed E-state index contributed by atoms with van der Waals surface area (Å²) in [6.07, 6.45) is 7.87. The summed E-state index contributed by atoms with van der Waals surface area (Å²) in [7, 11) is 0. The third kappa shape index (κ3) is 3.61. The molecule has 134 valence electrons. The second-order valence-corrected chi connectivity index (χ2v) is 7.67. The fourth-order valence-corrected chi connectivity index (χ4v) is 4.33. The minimum absolute atomic E-state index is 0.0170. The van der Waals surface area contributed by atoms with Crippen LogP contribution in [0.1, 0.15) is 76.7 Å². The van der Waals surface area contributed by atoms with Crippen molar-refractivity contribution in [3.63, 3.8) is 0 Å². The minimum atomic E-state index is -0.164. The summed E-state index contributed by atoms with van der Waals surface area (Å²) in [6.45, 7) is 6.22. The molecule has 0 aromatic carbocycles. The number of carbonyl (C=O) groups is 1. The number of hydrogen-bond acceptors (Lipinski definition) is 5. The van der Waals surface area contributed by atoms with Crippen LogP contribution in [0.25, 0.3) is 0 Å². The first kappa shape index (κ1) is 17.3. The summed E-state index contributed by atoms with van der Waals surface area (Å²) in [5.41, 5.74) is 5.47. The number of piperidine rings is 1. The zero-order chi connectivity index (χ0) is 17.1. The van der Waals surface area contributed by atoms with E-state index in [0.29, 0.717) is 12.0 Å². The molecule has 2 fully saturated rings. The van der Waals surface area contributed by atoms with Gasteiger partial charge >= 0.3 is 0 Å². The van der Waals surface area contributed by atoms with Crippen molar-refractivity contribution >= 4 is 5.91 Å². The van der Waals surface area contributed by atoms with Gasteiger partial charge in [-0.2, -0.15) is 0 Å². The third-order valence-electron chi connectivity index (χ3n) is 5.66. The van der Waals surface area contributed by atoms with Crippen LogP contribution < -0.4 is 5.73 Å². The van der Waals surface area contributed by atoms with Crippen LogP contribution in [-0.2, 0) is 4.79 Å². The summed E-state index contributed by atoms with van der Waals surface area (Å²) < 4.78 is 2.09. The molecule has 2 heterocycles. The van der Waals surface area contributed by atoms with E-state index in [1.165, 1.54) is 32.1 Å². The van der Waals surface area contributed by atoms with E-state index >= 15 is 0 Å². The number of primary amides is 1. The Morgan fingerprint density at radius 1 is 1.12 bits per heavy atom. The van der Waals surface area contributed by atoms with Crippen LogP contribution in [0.2, 0.25) is 0 Å². The van der Waals surface area contributed by atoms with Crippen molar-refractivity contribution in [1.82, 2.24) is 25.1 Å². The highest BCUT2D eigenvalue weighted by Crippen LogP contribution is 2.34. The van der Waals surface area contributed by atoms with Gasteiger partial charge in [0.15, 0.2) is 5.82 Å². The summed E-state index contributed by atoms with van der Waals surface area (Å²) in [4.78, 5) is 13.9. The number of nitrogens with two attached hydrogens (primary N) is 1. The lowest BCUT2D eigenvalue weighted by molar-refractivity contribution is -0.123. The quantitative estimate of drug-likeness (QED) is 0.890. The van der Waals surface area contributed by atoms with Gasteiger partial charge in [-0.15, -0.1) is 5.10 Å². The van der Waals surface area contributed by atoms with Crippen molar-refractivity contribution in [3.8, 4) is 0 Å². The Morgan fingerprint density at radius 2 is 1.79 bits per heavy atom. The molecule has 7 nitrogen and oxygen atoms in total. The lowest BCUT2D eigenvalue weighted by Crippen LogP contribution is -2.43. The first-order chi connectivity index (χ1) is 11.6. The molecule has 1 unspecified atom stereocenters. The highest BCUT2D eigenvalue weighted by Gasteiger charge is 2.34. The molecule has 24 heavy (non-hydrogen) atoms. The number of carbonyl (C=O) groups excluding carboxylic acids is 1. The van der Waals surface area contributed by atoms with Crippen LogP contribution in [0.3, 0.4) is 0 Å². The third-order valence-corrected chi connectivity index (χ3v) is 5.66. The van der Waals surface area contributed by atoms with Gasteiger partial charge in [0, 0.05) is 5.92 Å². The highest BCUT2D eigenvalue weighted by atomic mass is 16.1. The molecule has 3 rings (SSSR count). The molecular formula is C17H30N6O. The molecule has 1 atom stereocenters. The van der Waals surface area contributed by atoms with Crippen LogP contribution in [0.15, 0.2) is 0 Å². The van der Waals surface area contributed by atoms with E-state index in [1.54, 1.807) is 0 Å². The standard InChI is InChI=1S/C17H30N6O/c1-12(2)15(22-10-8-13(9-11-22)16(18)24)17-19-20-21-23(17)14-6-4-3-5-7-14/h12-15H,3-11H2,1-2H3,(H2,18,24). The maximum Gasteiger partial charge on any atom is 0.220 e. The maximum absolute atomic E-state index is 11.4. The van der Waals surface area contributed by atoms with Crippen LogP contribution in [0, 0.1) is 11.8 Å². The molecule has 1 aliphatic heterocycles. The molecule has 7 heteroatoms. The second kappa shape index (κ2) is 7.59. The molecule has 0 bridgehead atoms. The van der Waals surface area contributed by atoms with Gasteiger partial charge in [-0.05, 0) is 55.1 Å². The predicted octanol–water partition coefficient (Wildman–Crippen LogP) is 2.07. The van der Waals surface area contributed by atoms with Crippen molar-refractivity contribution < 1.29 is 4.79 Å². The molecule has 1 amide bonds. The molecule has 0 spiro atoms. The van der Waals surface area contributed by atoms with Crippen LogP contribution in [-0.4, -0.2) is 44.1 Å². The maximum atomic E-state index is 11.4. The average molecular weight is 334 g/mol. The summed E-state index contributed by atoms with van der Waals surface area (Å²) in [6, 6.07) is 0.643. The Labute approximate surface area is 144 Å². The van der Waals surface area contributed by atoms with E-state index in [-0.39, 0.29) is 17.9 Å². The van der Waals surface area contributed by atoms with Crippen molar-refractivity contribution in [2.24, 2.45) is 17.6 Å². The van der Waals surface area contributed by atoms with Gasteiger partial charge < -0.3 is 5.73 Å². The zero-order valence-corrected chi connectivity index (χ0v) is 14.9. The molecule has 1 aromatic rings. The topological polar surface area (TPSA) is 89.9 Å². The molecular weight excluding hydrogens is 304 g/mol. The minimum Gasteiger partial charge on any atom is -0.369 e. The zero-order valence-electron chi connectivity index (χ0n) is 14.9. The Kier molecular flexibility index (Phi) is 5.48. The Hall–Kier alpha value is -1.50. The van der Waals surface area contributed by atoms with Gasteiger partial charge in [0.1, 0.15) is 0 Å². The fraction of sp³-hybridized carbons (Fsp3) is 0.882. The number of hydrogen-bond donors (Lipinski definition) is 1. The molecule has 2 N–H and O–H groups in total. The van der Waals surface area contributed by atoms with Gasteiger partial charge in [0.2, 0.25) is 5.91 Å². The fourth-order valence-electron chi connectivity index (χ4n) is 4.33. The molecule has 1 saturated heterocycles. The highest BCUT2D eigenvalue weighted by molar-refractivity contribution is 5.76. The van der Waals surface area contributed by atoms with E-state index in [9.17, 15) is 4.79 Å². The van der Waals surface area contributed by atoms with Crippen LogP contribution in [0.5, 0.6) is 0 Å². The summed E-state index contributed by atoms with van der Waals surface area (Å²) in [5.74, 6) is 1.27. The van der Waals surface area contributed by atoms with Crippen molar-refractivity contribution in [1.29, 1.82) is 0 Å². The van der Waals surface area contributed by atoms with Crippen LogP contribution >= 0.6 is 0 Å². The van der Waals surface area contributed by atoms with Crippen molar-refractivity contribution in [2.75, 3.05) is 13.1 Å². The Morgan fingerprint density at radius 3 is 2.38 bits per heavy atom. The molecule has 1 saturated carbocycles. The Balaban J connectivity index is 1.77. The van der Waals surface area contributed by atoms with E-state index in [0.717, 1.165) is 31.8 Å². The summed E-state index contributed by atoms with van der Waals surface area (Å²) in [5, 5.41) is 12.7. The number of likely N-dealkylation sites (tertiary alicyclic amines) is 1. The first-order valence-electron chi connectivity index (χ1n) is 9.39. The largest absolute Gasteiger partial charge is 0.369 e. The number of rotatable bonds is 5. The molecule has 0 radical (unpaired) electrons. The SMILES string of the molecule is CC(C)C(c1nnnn1C1CCCCC1)N1CCC(C(N)=O)CC1.